The van der Waals surface area contributed by atoms with Crippen molar-refractivity contribution < 1.29 is 13.6 Å². The maximum absolute atomic E-state index is 12.5. The zero-order valence-electron chi connectivity index (χ0n) is 8.34. The highest BCUT2D eigenvalue weighted by molar-refractivity contribution is 5.94. The van der Waals surface area contributed by atoms with Crippen molar-refractivity contribution in [3.8, 4) is 0 Å². The Morgan fingerprint density at radius 3 is 2.27 bits per heavy atom. The number of nitrogens with zero attached hydrogens (tertiary/aromatic N) is 1. The maximum atomic E-state index is 12.5. The number of rotatable bonds is 1. The highest BCUT2D eigenvalue weighted by Crippen LogP contribution is 2.27. The van der Waals surface area contributed by atoms with Gasteiger partial charge in [-0.25, -0.2) is 8.78 Å². The number of carbonyl (C=O) groups is 1. The van der Waals surface area contributed by atoms with Gasteiger partial charge in [0.25, 0.3) is 11.8 Å². The molecule has 0 saturated carbocycles. The molecule has 0 spiro atoms. The van der Waals surface area contributed by atoms with Gasteiger partial charge in [-0.1, -0.05) is 17.7 Å². The molecule has 4 heteroatoms. The van der Waals surface area contributed by atoms with Gasteiger partial charge < -0.3 is 4.90 Å². The smallest absolute Gasteiger partial charge is 0.282 e. The molecule has 0 bridgehead atoms. The van der Waals surface area contributed by atoms with Crippen molar-refractivity contribution in [2.45, 2.75) is 12.8 Å². The van der Waals surface area contributed by atoms with E-state index in [2.05, 4.69) is 0 Å². The molecule has 0 aromatic heterocycles. The molecular formula is C11H11F2NO. The van der Waals surface area contributed by atoms with Crippen LogP contribution in [0.15, 0.2) is 24.3 Å². The summed E-state index contributed by atoms with van der Waals surface area (Å²) in [5, 5.41) is 0. The molecule has 1 fully saturated rings. The molecule has 1 aliphatic rings. The normalized spacial score (nSPS) is 18.5. The van der Waals surface area contributed by atoms with E-state index in [-0.39, 0.29) is 5.91 Å². The summed E-state index contributed by atoms with van der Waals surface area (Å²) in [6.45, 7) is 0.992. The van der Waals surface area contributed by atoms with E-state index in [4.69, 9.17) is 0 Å². The molecule has 1 amide bonds. The number of hydrogen-bond acceptors (Lipinski definition) is 1. The first kappa shape index (κ1) is 10.1. The van der Waals surface area contributed by atoms with Crippen molar-refractivity contribution >= 4 is 5.91 Å². The number of likely N-dealkylation sites (tertiary alicyclic amines) is 1. The average Bonchev–Trinajstić information content (AvgIpc) is 2.14. The zero-order chi connectivity index (χ0) is 11.1. The summed E-state index contributed by atoms with van der Waals surface area (Å²) in [4.78, 5) is 12.8. The van der Waals surface area contributed by atoms with Gasteiger partial charge >= 0.3 is 0 Å². The Morgan fingerprint density at radius 1 is 1.27 bits per heavy atom. The fourth-order valence-corrected chi connectivity index (χ4v) is 1.53. The SMILES string of the molecule is Cc1ccc(C(=O)N2CC(F)(F)C2)cc1. The summed E-state index contributed by atoms with van der Waals surface area (Å²) in [6.07, 6.45) is 0. The molecule has 0 aliphatic carbocycles. The first-order chi connectivity index (χ1) is 6.98. The van der Waals surface area contributed by atoms with Crippen molar-refractivity contribution in [2.75, 3.05) is 13.1 Å². The van der Waals surface area contributed by atoms with Crippen LogP contribution in [0.4, 0.5) is 8.78 Å². The van der Waals surface area contributed by atoms with E-state index in [0.717, 1.165) is 10.5 Å². The molecule has 2 rings (SSSR count). The summed E-state index contributed by atoms with van der Waals surface area (Å²) >= 11 is 0. The van der Waals surface area contributed by atoms with Crippen LogP contribution in [-0.4, -0.2) is 29.8 Å². The van der Waals surface area contributed by atoms with Crippen LogP contribution in [0.5, 0.6) is 0 Å². The lowest BCUT2D eigenvalue weighted by atomic mass is 10.1. The number of amides is 1. The second-order valence-corrected chi connectivity index (χ2v) is 3.88. The lowest BCUT2D eigenvalue weighted by molar-refractivity contribution is -0.113. The van der Waals surface area contributed by atoms with Crippen molar-refractivity contribution in [1.82, 2.24) is 4.90 Å². The Labute approximate surface area is 86.5 Å². The Balaban J connectivity index is 2.07. The molecule has 1 aromatic carbocycles. The summed E-state index contributed by atoms with van der Waals surface area (Å²) < 4.78 is 25.1. The van der Waals surface area contributed by atoms with Crippen LogP contribution < -0.4 is 0 Å². The zero-order valence-corrected chi connectivity index (χ0v) is 8.34. The molecule has 1 saturated heterocycles. The largest absolute Gasteiger partial charge is 0.326 e. The van der Waals surface area contributed by atoms with Crippen LogP contribution in [0, 0.1) is 6.92 Å². The van der Waals surface area contributed by atoms with Gasteiger partial charge in [0, 0.05) is 5.56 Å². The Bertz CT molecular complexity index is 378. The first-order valence-electron chi connectivity index (χ1n) is 4.72. The summed E-state index contributed by atoms with van der Waals surface area (Å²) in [7, 11) is 0. The second kappa shape index (κ2) is 3.29. The lowest BCUT2D eigenvalue weighted by Crippen LogP contribution is -2.58. The lowest BCUT2D eigenvalue weighted by Gasteiger charge is -2.38. The van der Waals surface area contributed by atoms with Crippen LogP contribution in [0.3, 0.4) is 0 Å². The third-order valence-electron chi connectivity index (χ3n) is 2.43. The molecular weight excluding hydrogens is 200 g/mol. The second-order valence-electron chi connectivity index (χ2n) is 3.88. The van der Waals surface area contributed by atoms with Crippen LogP contribution in [0.2, 0.25) is 0 Å². The molecule has 1 aromatic rings. The standard InChI is InChI=1S/C11H11F2NO/c1-8-2-4-9(5-3-8)10(15)14-6-11(12,13)7-14/h2-5H,6-7H2,1H3. The summed E-state index contributed by atoms with van der Waals surface area (Å²) in [5.74, 6) is -3.01. The van der Waals surface area contributed by atoms with Crippen LogP contribution in [0.1, 0.15) is 15.9 Å². The molecule has 0 atom stereocenters. The number of benzene rings is 1. The highest BCUT2D eigenvalue weighted by atomic mass is 19.3. The highest BCUT2D eigenvalue weighted by Gasteiger charge is 2.46. The molecule has 0 radical (unpaired) electrons. The molecule has 1 aliphatic heterocycles. The Kier molecular flexibility index (Phi) is 2.21. The Morgan fingerprint density at radius 2 is 1.80 bits per heavy atom. The molecule has 2 nitrogen and oxygen atoms in total. The van der Waals surface area contributed by atoms with Gasteiger partial charge in [0.1, 0.15) is 0 Å². The predicted molar refractivity (Wildman–Crippen MR) is 52.0 cm³/mol. The number of alkyl halides is 2. The van der Waals surface area contributed by atoms with Crippen LogP contribution >= 0.6 is 0 Å². The van der Waals surface area contributed by atoms with E-state index in [9.17, 15) is 13.6 Å². The minimum Gasteiger partial charge on any atom is -0.326 e. The topological polar surface area (TPSA) is 20.3 Å². The van der Waals surface area contributed by atoms with Gasteiger partial charge in [-0.15, -0.1) is 0 Å². The summed E-state index contributed by atoms with van der Waals surface area (Å²) in [5.41, 5.74) is 1.51. The molecule has 80 valence electrons. The van der Waals surface area contributed by atoms with Crippen molar-refractivity contribution in [2.24, 2.45) is 0 Å². The van der Waals surface area contributed by atoms with Gasteiger partial charge in [-0.3, -0.25) is 4.79 Å². The van der Waals surface area contributed by atoms with Crippen molar-refractivity contribution in [3.63, 3.8) is 0 Å². The van der Waals surface area contributed by atoms with Gasteiger partial charge in [0.15, 0.2) is 0 Å². The van der Waals surface area contributed by atoms with E-state index in [1.54, 1.807) is 24.3 Å². The van der Waals surface area contributed by atoms with Gasteiger partial charge in [0.2, 0.25) is 0 Å². The fourth-order valence-electron chi connectivity index (χ4n) is 1.53. The van der Waals surface area contributed by atoms with Crippen molar-refractivity contribution in [3.05, 3.63) is 35.4 Å². The maximum Gasteiger partial charge on any atom is 0.282 e. The monoisotopic (exact) mass is 211 g/mol. The van der Waals surface area contributed by atoms with Crippen molar-refractivity contribution in [1.29, 1.82) is 0 Å². The van der Waals surface area contributed by atoms with E-state index in [0.29, 0.717) is 5.56 Å². The number of halogens is 2. The molecule has 0 unspecified atom stereocenters. The van der Waals surface area contributed by atoms with Gasteiger partial charge in [0.05, 0.1) is 13.1 Å². The number of aryl methyl sites for hydroxylation is 1. The summed E-state index contributed by atoms with van der Waals surface area (Å²) in [6, 6.07) is 6.92. The third-order valence-corrected chi connectivity index (χ3v) is 2.43. The van der Waals surface area contributed by atoms with E-state index in [1.807, 2.05) is 6.92 Å². The molecule has 1 heterocycles. The number of hydrogen-bond donors (Lipinski definition) is 0. The predicted octanol–water partition coefficient (Wildman–Crippen LogP) is 2.09. The molecule has 15 heavy (non-hydrogen) atoms. The van der Waals surface area contributed by atoms with Gasteiger partial charge in [-0.05, 0) is 19.1 Å². The minimum atomic E-state index is -2.69. The Hall–Kier alpha value is -1.45. The van der Waals surface area contributed by atoms with E-state index >= 15 is 0 Å². The first-order valence-corrected chi connectivity index (χ1v) is 4.72. The van der Waals surface area contributed by atoms with E-state index < -0.39 is 19.0 Å². The molecule has 0 N–H and O–H groups in total. The minimum absolute atomic E-state index is 0.319. The number of carbonyl (C=O) groups excluding carboxylic acids is 1. The van der Waals surface area contributed by atoms with Crippen LogP contribution in [0.25, 0.3) is 0 Å². The average molecular weight is 211 g/mol. The van der Waals surface area contributed by atoms with E-state index in [1.165, 1.54) is 0 Å². The third kappa shape index (κ3) is 1.98. The van der Waals surface area contributed by atoms with Crippen LogP contribution in [-0.2, 0) is 0 Å². The quantitative estimate of drug-likeness (QED) is 0.696. The fraction of sp³-hybridized carbons (Fsp3) is 0.364. The van der Waals surface area contributed by atoms with Gasteiger partial charge in [-0.2, -0.15) is 0 Å².